The van der Waals surface area contributed by atoms with Crippen molar-refractivity contribution >= 4 is 9.84 Å². The van der Waals surface area contributed by atoms with E-state index < -0.39 is 9.84 Å². The van der Waals surface area contributed by atoms with Crippen LogP contribution in [0.3, 0.4) is 0 Å². The monoisotopic (exact) mass is 230 g/mol. The average Bonchev–Trinajstić information content (AvgIpc) is 2.45. The van der Waals surface area contributed by atoms with Gasteiger partial charge in [0.15, 0.2) is 9.84 Å². The predicted octanol–water partition coefficient (Wildman–Crippen LogP) is -1.05. The van der Waals surface area contributed by atoms with Gasteiger partial charge < -0.3 is 5.32 Å². The van der Waals surface area contributed by atoms with Crippen molar-refractivity contribution in [3.05, 3.63) is 12.2 Å². The van der Waals surface area contributed by atoms with Crippen LogP contribution >= 0.6 is 0 Å². The number of aryl methyl sites for hydroxylation is 1. The van der Waals surface area contributed by atoms with E-state index in [1.807, 2.05) is 0 Å². The number of nitrogens with one attached hydrogen (secondary N) is 1. The Bertz CT molecular complexity index is 435. The van der Waals surface area contributed by atoms with Gasteiger partial charge in [-0.25, -0.2) is 13.4 Å². The summed E-state index contributed by atoms with van der Waals surface area (Å²) in [4.78, 5) is 3.91. The highest BCUT2D eigenvalue weighted by Gasteiger charge is 2.25. The van der Waals surface area contributed by atoms with E-state index in [0.29, 0.717) is 5.82 Å². The van der Waals surface area contributed by atoms with Gasteiger partial charge in [0.2, 0.25) is 0 Å². The number of rotatable bonds is 4. The topological polar surface area (TPSA) is 76.9 Å². The summed E-state index contributed by atoms with van der Waals surface area (Å²) < 4.78 is 25.0. The minimum Gasteiger partial charge on any atom is -0.316 e. The highest BCUT2D eigenvalue weighted by Crippen LogP contribution is 2.10. The summed E-state index contributed by atoms with van der Waals surface area (Å²) in [6.45, 7) is 1.61. The third-order valence-electron chi connectivity index (χ3n) is 2.51. The highest BCUT2D eigenvalue weighted by atomic mass is 32.2. The smallest absolute Gasteiger partial charge is 0.157 e. The molecule has 1 saturated heterocycles. The summed E-state index contributed by atoms with van der Waals surface area (Å²) in [5.41, 5.74) is 0. The van der Waals surface area contributed by atoms with Gasteiger partial charge >= 0.3 is 0 Å². The lowest BCUT2D eigenvalue weighted by atomic mass is 10.1. The number of hydrogen-bond acceptors (Lipinski definition) is 5. The van der Waals surface area contributed by atoms with E-state index in [9.17, 15) is 8.42 Å². The molecule has 1 fully saturated rings. The van der Waals surface area contributed by atoms with Crippen molar-refractivity contribution in [3.63, 3.8) is 0 Å². The Balaban J connectivity index is 2.00. The molecule has 0 spiro atoms. The molecule has 1 aromatic heterocycles. The van der Waals surface area contributed by atoms with Crippen LogP contribution in [0.1, 0.15) is 5.82 Å². The largest absolute Gasteiger partial charge is 0.316 e. The Kier molecular flexibility index (Phi) is 2.74. The van der Waals surface area contributed by atoms with Crippen molar-refractivity contribution < 1.29 is 8.42 Å². The first kappa shape index (κ1) is 10.6. The van der Waals surface area contributed by atoms with E-state index in [2.05, 4.69) is 15.4 Å². The van der Waals surface area contributed by atoms with E-state index in [1.165, 1.54) is 11.0 Å². The fourth-order valence-electron chi connectivity index (χ4n) is 1.53. The summed E-state index contributed by atoms with van der Waals surface area (Å²) in [5.74, 6) is 0.998. The molecule has 0 bridgehead atoms. The Morgan fingerprint density at radius 3 is 2.80 bits per heavy atom. The van der Waals surface area contributed by atoms with Crippen molar-refractivity contribution in [1.29, 1.82) is 0 Å². The van der Waals surface area contributed by atoms with E-state index in [1.54, 1.807) is 7.05 Å². The van der Waals surface area contributed by atoms with Crippen LogP contribution in [0, 0.1) is 5.92 Å². The molecule has 1 aliphatic heterocycles. The van der Waals surface area contributed by atoms with E-state index in [4.69, 9.17) is 0 Å². The maximum absolute atomic E-state index is 11.7. The van der Waals surface area contributed by atoms with Crippen molar-refractivity contribution in [3.8, 4) is 0 Å². The van der Waals surface area contributed by atoms with E-state index in [0.717, 1.165) is 13.1 Å². The maximum Gasteiger partial charge on any atom is 0.157 e. The van der Waals surface area contributed by atoms with Gasteiger partial charge in [-0.3, -0.25) is 4.68 Å². The fourth-order valence-corrected chi connectivity index (χ4v) is 3.26. The summed E-state index contributed by atoms with van der Waals surface area (Å²) in [7, 11) is -1.35. The quantitative estimate of drug-likeness (QED) is 0.714. The van der Waals surface area contributed by atoms with Crippen LogP contribution < -0.4 is 5.32 Å². The predicted molar refractivity (Wildman–Crippen MR) is 54.9 cm³/mol. The molecule has 0 amide bonds. The second-order valence-electron chi connectivity index (χ2n) is 3.88. The molecule has 0 atom stereocenters. The molecule has 1 aliphatic rings. The third-order valence-corrected chi connectivity index (χ3v) is 4.19. The molecule has 0 aliphatic carbocycles. The van der Waals surface area contributed by atoms with Crippen LogP contribution in [-0.2, 0) is 22.6 Å². The Hall–Kier alpha value is -0.950. The van der Waals surface area contributed by atoms with Gasteiger partial charge in [0.1, 0.15) is 17.9 Å². The second-order valence-corrected chi connectivity index (χ2v) is 5.99. The lowest BCUT2D eigenvalue weighted by Gasteiger charge is -2.26. The van der Waals surface area contributed by atoms with Crippen LogP contribution in [-0.4, -0.2) is 42.0 Å². The number of sulfone groups is 1. The Morgan fingerprint density at radius 1 is 1.60 bits per heavy atom. The van der Waals surface area contributed by atoms with Gasteiger partial charge in [0.25, 0.3) is 0 Å². The molecule has 0 aromatic carbocycles. The molecule has 7 heteroatoms. The molecular formula is C8H14N4O2S. The molecule has 0 unspecified atom stereocenters. The SMILES string of the molecule is Cn1ncnc1CS(=O)(=O)CC1CNC1. The number of aromatic nitrogens is 3. The zero-order chi connectivity index (χ0) is 10.9. The number of nitrogens with zero attached hydrogens (tertiary/aromatic N) is 3. The van der Waals surface area contributed by atoms with E-state index >= 15 is 0 Å². The van der Waals surface area contributed by atoms with Gasteiger partial charge in [0, 0.05) is 20.1 Å². The third kappa shape index (κ3) is 2.54. The van der Waals surface area contributed by atoms with Crippen molar-refractivity contribution in [2.45, 2.75) is 5.75 Å². The highest BCUT2D eigenvalue weighted by molar-refractivity contribution is 7.90. The molecule has 15 heavy (non-hydrogen) atoms. The molecule has 2 heterocycles. The molecule has 84 valence electrons. The molecule has 6 nitrogen and oxygen atoms in total. The first-order valence-corrected chi connectivity index (χ1v) is 6.63. The van der Waals surface area contributed by atoms with Crippen molar-refractivity contribution in [1.82, 2.24) is 20.1 Å². The standard InChI is InChI=1S/C8H14N4O2S/c1-12-8(10-6-11-12)5-15(13,14)4-7-2-9-3-7/h6-7,9H,2-5H2,1H3. The zero-order valence-corrected chi connectivity index (χ0v) is 9.37. The minimum absolute atomic E-state index is 0.0139. The van der Waals surface area contributed by atoms with Crippen LogP contribution in [0.2, 0.25) is 0 Å². The molecule has 1 aromatic rings. The Morgan fingerprint density at radius 2 is 2.33 bits per heavy atom. The van der Waals surface area contributed by atoms with Gasteiger partial charge in [-0.1, -0.05) is 0 Å². The van der Waals surface area contributed by atoms with Crippen molar-refractivity contribution in [2.24, 2.45) is 13.0 Å². The fraction of sp³-hybridized carbons (Fsp3) is 0.750. The minimum atomic E-state index is -3.05. The maximum atomic E-state index is 11.7. The second kappa shape index (κ2) is 3.90. The van der Waals surface area contributed by atoms with Crippen LogP contribution in [0.5, 0.6) is 0 Å². The molecule has 0 saturated carbocycles. The zero-order valence-electron chi connectivity index (χ0n) is 8.55. The summed E-state index contributed by atoms with van der Waals surface area (Å²) in [5, 5.41) is 6.90. The van der Waals surface area contributed by atoms with Crippen molar-refractivity contribution in [2.75, 3.05) is 18.8 Å². The summed E-state index contributed by atoms with van der Waals surface area (Å²) >= 11 is 0. The number of hydrogen-bond donors (Lipinski definition) is 1. The Labute approximate surface area is 88.6 Å². The van der Waals surface area contributed by atoms with Gasteiger partial charge in [0.05, 0.1) is 5.75 Å². The van der Waals surface area contributed by atoms with Crippen LogP contribution in [0.25, 0.3) is 0 Å². The van der Waals surface area contributed by atoms with Crippen LogP contribution in [0.4, 0.5) is 0 Å². The summed E-state index contributed by atoms with van der Waals surface area (Å²) in [6, 6.07) is 0. The van der Waals surface area contributed by atoms with E-state index in [-0.39, 0.29) is 17.4 Å². The van der Waals surface area contributed by atoms with Crippen LogP contribution in [0.15, 0.2) is 6.33 Å². The average molecular weight is 230 g/mol. The molecule has 2 rings (SSSR count). The first-order chi connectivity index (χ1) is 7.07. The van der Waals surface area contributed by atoms with Gasteiger partial charge in [-0.15, -0.1) is 0 Å². The first-order valence-electron chi connectivity index (χ1n) is 4.81. The normalized spacial score (nSPS) is 17.7. The lowest BCUT2D eigenvalue weighted by Crippen LogP contribution is -2.45. The van der Waals surface area contributed by atoms with Gasteiger partial charge in [-0.2, -0.15) is 5.10 Å². The summed E-state index contributed by atoms with van der Waals surface area (Å²) in [6.07, 6.45) is 1.37. The molecular weight excluding hydrogens is 216 g/mol. The molecule has 0 radical (unpaired) electrons. The lowest BCUT2D eigenvalue weighted by molar-refractivity contribution is 0.378. The molecule has 1 N–H and O–H groups in total. The van der Waals surface area contributed by atoms with Gasteiger partial charge in [-0.05, 0) is 5.92 Å².